The Morgan fingerprint density at radius 3 is 2.81 bits per heavy atom. The number of nitrogens with zero attached hydrogens (tertiary/aromatic N) is 3. The van der Waals surface area contributed by atoms with Gasteiger partial charge in [-0.15, -0.1) is 11.3 Å². The Hall–Kier alpha value is -1.54. The number of aromatic nitrogens is 1. The maximum absolute atomic E-state index is 12.3. The predicted molar refractivity (Wildman–Crippen MR) is 105 cm³/mol. The van der Waals surface area contributed by atoms with Crippen molar-refractivity contribution in [1.82, 2.24) is 20.1 Å². The van der Waals surface area contributed by atoms with Crippen molar-refractivity contribution in [3.63, 3.8) is 0 Å². The van der Waals surface area contributed by atoms with Gasteiger partial charge in [0.05, 0.1) is 36.5 Å². The van der Waals surface area contributed by atoms with Crippen LogP contribution in [0.4, 0.5) is 0 Å². The molecule has 7 heteroatoms. The van der Waals surface area contributed by atoms with Crippen molar-refractivity contribution in [2.45, 2.75) is 25.9 Å². The highest BCUT2D eigenvalue weighted by Gasteiger charge is 2.28. The molecule has 1 aliphatic heterocycles. The average Bonchev–Trinajstić information content (AvgIpc) is 3.03. The van der Waals surface area contributed by atoms with E-state index in [0.717, 1.165) is 36.8 Å². The quantitative estimate of drug-likeness (QED) is 0.801. The number of amides is 1. The lowest BCUT2D eigenvalue weighted by Crippen LogP contribution is -2.56. The molecule has 1 N–H and O–H groups in total. The molecule has 0 radical (unpaired) electrons. The first-order valence-electron chi connectivity index (χ1n) is 9.06. The number of benzene rings is 1. The average molecular weight is 377 g/mol. The Balaban J connectivity index is 1.46. The number of carbonyl (C=O) groups excluding carboxylic acids is 1. The van der Waals surface area contributed by atoms with Gasteiger partial charge in [-0.3, -0.25) is 14.6 Å². The molecule has 3 rings (SSSR count). The summed E-state index contributed by atoms with van der Waals surface area (Å²) in [7, 11) is 1.96. The van der Waals surface area contributed by atoms with Crippen molar-refractivity contribution in [2.75, 3.05) is 46.4 Å². The second-order valence-corrected chi connectivity index (χ2v) is 8.55. The maximum Gasteiger partial charge on any atom is 0.234 e. The molecule has 0 unspecified atom stereocenters. The summed E-state index contributed by atoms with van der Waals surface area (Å²) in [5.74, 6) is 0.0509. The zero-order valence-electron chi connectivity index (χ0n) is 15.8. The van der Waals surface area contributed by atoms with E-state index in [9.17, 15) is 4.79 Å². The fraction of sp³-hybridized carbons (Fsp3) is 0.579. The number of ether oxygens (including phenoxy) is 1. The van der Waals surface area contributed by atoms with Gasteiger partial charge >= 0.3 is 0 Å². The number of thiazole rings is 1. The fourth-order valence-corrected chi connectivity index (χ4v) is 4.22. The van der Waals surface area contributed by atoms with Gasteiger partial charge in [-0.25, -0.2) is 4.98 Å². The molecule has 142 valence electrons. The summed E-state index contributed by atoms with van der Waals surface area (Å²) in [6, 6.07) is 8.13. The third kappa shape index (κ3) is 5.01. The van der Waals surface area contributed by atoms with Crippen LogP contribution in [0.3, 0.4) is 0 Å². The second-order valence-electron chi connectivity index (χ2n) is 7.44. The summed E-state index contributed by atoms with van der Waals surface area (Å²) in [4.78, 5) is 21.4. The molecule has 1 aromatic heterocycles. The van der Waals surface area contributed by atoms with E-state index in [1.54, 1.807) is 11.3 Å². The van der Waals surface area contributed by atoms with E-state index in [1.807, 2.05) is 30.1 Å². The van der Waals surface area contributed by atoms with Crippen LogP contribution in [0.25, 0.3) is 10.2 Å². The van der Waals surface area contributed by atoms with Crippen molar-refractivity contribution >= 4 is 27.5 Å². The normalized spacial score (nSPS) is 16.3. The van der Waals surface area contributed by atoms with Gasteiger partial charge < -0.3 is 10.1 Å². The standard InChI is InChI=1S/C19H28N4O2S/c1-19(2,23-8-10-25-11-9-23)14-20-17(24)12-22(3)13-18-21-15-6-4-5-7-16(15)26-18/h4-7H,8-14H2,1-3H3,(H,20,24). The molecule has 2 heterocycles. The Bertz CT molecular complexity index is 707. The van der Waals surface area contributed by atoms with Crippen LogP contribution < -0.4 is 5.32 Å². The first kappa shape index (κ1) is 19.2. The van der Waals surface area contributed by atoms with Gasteiger partial charge in [0.1, 0.15) is 5.01 Å². The van der Waals surface area contributed by atoms with Gasteiger partial charge in [0.2, 0.25) is 5.91 Å². The number of rotatable bonds is 7. The van der Waals surface area contributed by atoms with E-state index in [-0.39, 0.29) is 11.4 Å². The van der Waals surface area contributed by atoms with Crippen LogP contribution in [0, 0.1) is 0 Å². The third-order valence-corrected chi connectivity index (χ3v) is 5.76. The highest BCUT2D eigenvalue weighted by atomic mass is 32.1. The first-order valence-corrected chi connectivity index (χ1v) is 9.88. The monoisotopic (exact) mass is 376 g/mol. The highest BCUT2D eigenvalue weighted by molar-refractivity contribution is 7.18. The molecule has 1 saturated heterocycles. The van der Waals surface area contributed by atoms with Crippen LogP contribution >= 0.6 is 11.3 Å². The van der Waals surface area contributed by atoms with Crippen LogP contribution in [0.15, 0.2) is 24.3 Å². The molecular formula is C19H28N4O2S. The number of morpholine rings is 1. The molecule has 2 aromatic rings. The summed E-state index contributed by atoms with van der Waals surface area (Å²) >= 11 is 1.69. The molecule has 0 saturated carbocycles. The fourth-order valence-electron chi connectivity index (χ4n) is 3.17. The van der Waals surface area contributed by atoms with Crippen molar-refractivity contribution in [2.24, 2.45) is 0 Å². The SMILES string of the molecule is CN(CC(=O)NCC(C)(C)N1CCOCC1)Cc1nc2ccccc2s1. The van der Waals surface area contributed by atoms with Crippen LogP contribution in [0.1, 0.15) is 18.9 Å². The Kier molecular flexibility index (Phi) is 6.24. The van der Waals surface area contributed by atoms with Crippen LogP contribution in [-0.2, 0) is 16.1 Å². The third-order valence-electron chi connectivity index (χ3n) is 4.74. The van der Waals surface area contributed by atoms with Gasteiger partial charge in [-0.1, -0.05) is 12.1 Å². The van der Waals surface area contributed by atoms with Crippen molar-refractivity contribution in [3.8, 4) is 0 Å². The molecule has 0 aliphatic carbocycles. The smallest absolute Gasteiger partial charge is 0.234 e. The lowest BCUT2D eigenvalue weighted by molar-refractivity contribution is -0.122. The minimum atomic E-state index is -0.0644. The highest BCUT2D eigenvalue weighted by Crippen LogP contribution is 2.22. The molecule has 1 aliphatic rings. The molecule has 1 fully saturated rings. The van der Waals surface area contributed by atoms with Crippen LogP contribution in [0.5, 0.6) is 0 Å². The van der Waals surface area contributed by atoms with Gasteiger partial charge in [0, 0.05) is 25.2 Å². The lowest BCUT2D eigenvalue weighted by Gasteiger charge is -2.40. The van der Waals surface area contributed by atoms with E-state index < -0.39 is 0 Å². The predicted octanol–water partition coefficient (Wildman–Crippen LogP) is 1.96. The van der Waals surface area contributed by atoms with E-state index in [1.165, 1.54) is 4.70 Å². The number of nitrogens with one attached hydrogen (secondary N) is 1. The van der Waals surface area contributed by atoms with Gasteiger partial charge in [-0.2, -0.15) is 0 Å². The molecule has 0 spiro atoms. The van der Waals surface area contributed by atoms with Crippen LogP contribution in [0.2, 0.25) is 0 Å². The second kappa shape index (κ2) is 8.43. The summed E-state index contributed by atoms with van der Waals surface area (Å²) in [6.45, 7) is 9.40. The molecule has 1 aromatic carbocycles. The number of likely N-dealkylation sites (N-methyl/N-ethyl adjacent to an activating group) is 1. The zero-order valence-corrected chi connectivity index (χ0v) is 16.6. The Morgan fingerprint density at radius 2 is 2.08 bits per heavy atom. The first-order chi connectivity index (χ1) is 12.4. The summed E-state index contributed by atoms with van der Waals surface area (Å²) in [5, 5.41) is 4.12. The van der Waals surface area contributed by atoms with E-state index in [0.29, 0.717) is 19.6 Å². The van der Waals surface area contributed by atoms with E-state index >= 15 is 0 Å². The number of carbonyl (C=O) groups is 1. The van der Waals surface area contributed by atoms with Gasteiger partial charge in [-0.05, 0) is 33.0 Å². The van der Waals surface area contributed by atoms with Crippen molar-refractivity contribution in [3.05, 3.63) is 29.3 Å². The number of para-hydroxylation sites is 1. The summed E-state index contributed by atoms with van der Waals surface area (Å²) in [6.07, 6.45) is 0. The van der Waals surface area contributed by atoms with E-state index in [4.69, 9.17) is 4.74 Å². The van der Waals surface area contributed by atoms with Gasteiger partial charge in [0.15, 0.2) is 0 Å². The largest absolute Gasteiger partial charge is 0.379 e. The Labute approximate surface area is 159 Å². The molecule has 1 amide bonds. The molecule has 26 heavy (non-hydrogen) atoms. The van der Waals surface area contributed by atoms with Crippen molar-refractivity contribution in [1.29, 1.82) is 0 Å². The number of fused-ring (bicyclic) bond motifs is 1. The zero-order chi connectivity index (χ0) is 18.6. The minimum Gasteiger partial charge on any atom is -0.379 e. The topological polar surface area (TPSA) is 57.7 Å². The number of hydrogen-bond acceptors (Lipinski definition) is 6. The molecule has 0 bridgehead atoms. The minimum absolute atomic E-state index is 0.0509. The van der Waals surface area contributed by atoms with Gasteiger partial charge in [0.25, 0.3) is 0 Å². The summed E-state index contributed by atoms with van der Waals surface area (Å²) < 4.78 is 6.60. The maximum atomic E-state index is 12.3. The van der Waals surface area contributed by atoms with Crippen molar-refractivity contribution < 1.29 is 9.53 Å². The van der Waals surface area contributed by atoms with Crippen LogP contribution in [-0.4, -0.2) is 72.7 Å². The lowest BCUT2D eigenvalue weighted by atomic mass is 10.0. The molecular weight excluding hydrogens is 348 g/mol. The molecule has 0 atom stereocenters. The number of hydrogen-bond donors (Lipinski definition) is 1. The Morgan fingerprint density at radius 1 is 1.35 bits per heavy atom. The molecule has 6 nitrogen and oxygen atoms in total. The van der Waals surface area contributed by atoms with E-state index in [2.05, 4.69) is 35.1 Å². The summed E-state index contributed by atoms with van der Waals surface area (Å²) in [5.41, 5.74) is 0.961.